The normalized spacial score (nSPS) is 58.6. The summed E-state index contributed by atoms with van der Waals surface area (Å²) >= 11 is 0. The molecule has 0 radical (unpaired) electrons. The van der Waals surface area contributed by atoms with Crippen molar-refractivity contribution in [2.75, 3.05) is 6.61 Å². The van der Waals surface area contributed by atoms with E-state index >= 15 is 0 Å². The van der Waals surface area contributed by atoms with Crippen LogP contribution < -0.4 is 0 Å². The van der Waals surface area contributed by atoms with Gasteiger partial charge in [-0.1, -0.05) is 0 Å². The number of ether oxygens (including phenoxy) is 1. The minimum Gasteiger partial charge on any atom is -0.393 e. The minimum absolute atomic E-state index is 0.0484. The molecule has 2 bridgehead atoms. The van der Waals surface area contributed by atoms with Crippen LogP contribution in [-0.2, 0) is 4.74 Å². The first-order chi connectivity index (χ1) is 8.16. The van der Waals surface area contributed by atoms with Crippen LogP contribution in [0.3, 0.4) is 0 Å². The van der Waals surface area contributed by atoms with E-state index in [2.05, 4.69) is 13.8 Å². The Bertz CT molecular complexity index is 327. The van der Waals surface area contributed by atoms with E-state index in [1.165, 1.54) is 12.8 Å². The van der Waals surface area contributed by atoms with Crippen molar-refractivity contribution < 1.29 is 9.84 Å². The molecule has 4 aliphatic carbocycles. The van der Waals surface area contributed by atoms with E-state index in [9.17, 15) is 5.11 Å². The van der Waals surface area contributed by atoms with Crippen molar-refractivity contribution in [2.45, 2.75) is 45.3 Å². The summed E-state index contributed by atoms with van der Waals surface area (Å²) in [5.74, 6) is 6.16. The first kappa shape index (κ1) is 10.8. The second kappa shape index (κ2) is 3.48. The molecular formula is C15H24O2. The Morgan fingerprint density at radius 2 is 1.88 bits per heavy atom. The SMILES string of the molecule is CC(C)OCC1CC2CC1C1C3C(O)CC3C21. The van der Waals surface area contributed by atoms with Gasteiger partial charge < -0.3 is 9.84 Å². The van der Waals surface area contributed by atoms with E-state index in [4.69, 9.17) is 4.74 Å². The van der Waals surface area contributed by atoms with Gasteiger partial charge in [-0.2, -0.15) is 0 Å². The van der Waals surface area contributed by atoms with Gasteiger partial charge in [-0.05, 0) is 74.5 Å². The van der Waals surface area contributed by atoms with Crippen molar-refractivity contribution in [2.24, 2.45) is 41.4 Å². The molecule has 0 aromatic rings. The Hall–Kier alpha value is -0.0800. The first-order valence-electron chi connectivity index (χ1n) is 7.46. The molecule has 0 amide bonds. The topological polar surface area (TPSA) is 29.5 Å². The third-order valence-electron chi connectivity index (χ3n) is 6.30. The van der Waals surface area contributed by atoms with E-state index in [1.807, 2.05) is 0 Å². The summed E-state index contributed by atoms with van der Waals surface area (Å²) in [6.45, 7) is 5.23. The van der Waals surface area contributed by atoms with Crippen molar-refractivity contribution in [1.82, 2.24) is 0 Å². The van der Waals surface area contributed by atoms with Gasteiger partial charge in [-0.3, -0.25) is 0 Å². The number of hydrogen-bond donors (Lipinski definition) is 1. The van der Waals surface area contributed by atoms with Gasteiger partial charge in [0.2, 0.25) is 0 Å². The Balaban J connectivity index is 1.44. The van der Waals surface area contributed by atoms with E-state index in [0.717, 1.165) is 48.5 Å². The largest absolute Gasteiger partial charge is 0.393 e. The molecule has 8 atom stereocenters. The smallest absolute Gasteiger partial charge is 0.0576 e. The van der Waals surface area contributed by atoms with Crippen LogP contribution in [0.1, 0.15) is 33.1 Å². The standard InChI is InChI=1S/C15H24O2/c1-7(2)17-6-9-3-8-4-10(9)15-13(8)11-5-12(16)14(11)15/h7-16H,3-6H2,1-2H3. The van der Waals surface area contributed by atoms with Crippen LogP contribution in [0.5, 0.6) is 0 Å². The number of hydrogen-bond acceptors (Lipinski definition) is 2. The van der Waals surface area contributed by atoms with Crippen molar-refractivity contribution in [3.05, 3.63) is 0 Å². The maximum Gasteiger partial charge on any atom is 0.0576 e. The second-order valence-electron chi connectivity index (χ2n) is 7.24. The summed E-state index contributed by atoms with van der Waals surface area (Å²) in [4.78, 5) is 0. The Morgan fingerprint density at radius 3 is 2.59 bits per heavy atom. The minimum atomic E-state index is 0.0484. The molecule has 2 heteroatoms. The lowest BCUT2D eigenvalue weighted by atomic mass is 9.41. The van der Waals surface area contributed by atoms with Crippen LogP contribution in [-0.4, -0.2) is 23.9 Å². The van der Waals surface area contributed by atoms with Crippen molar-refractivity contribution in [3.63, 3.8) is 0 Å². The van der Waals surface area contributed by atoms with E-state index in [-0.39, 0.29) is 6.10 Å². The van der Waals surface area contributed by atoms with Gasteiger partial charge in [0.15, 0.2) is 0 Å². The number of rotatable bonds is 3. The highest BCUT2D eigenvalue weighted by Gasteiger charge is 2.70. The lowest BCUT2D eigenvalue weighted by Crippen LogP contribution is -2.64. The maximum absolute atomic E-state index is 9.89. The molecule has 0 aromatic heterocycles. The van der Waals surface area contributed by atoms with Crippen LogP contribution in [0.25, 0.3) is 0 Å². The van der Waals surface area contributed by atoms with Crippen molar-refractivity contribution in [3.8, 4) is 0 Å². The summed E-state index contributed by atoms with van der Waals surface area (Å²) < 4.78 is 5.83. The molecule has 4 saturated carbocycles. The highest BCUT2D eigenvalue weighted by Crippen LogP contribution is 2.73. The zero-order valence-corrected chi connectivity index (χ0v) is 10.9. The zero-order valence-electron chi connectivity index (χ0n) is 10.9. The van der Waals surface area contributed by atoms with Crippen LogP contribution >= 0.6 is 0 Å². The fraction of sp³-hybridized carbons (Fsp3) is 1.00. The van der Waals surface area contributed by atoms with Gasteiger partial charge >= 0.3 is 0 Å². The highest BCUT2D eigenvalue weighted by atomic mass is 16.5. The van der Waals surface area contributed by atoms with E-state index in [1.54, 1.807) is 0 Å². The van der Waals surface area contributed by atoms with Gasteiger partial charge in [-0.15, -0.1) is 0 Å². The molecule has 4 rings (SSSR count). The van der Waals surface area contributed by atoms with Crippen LogP contribution in [0.4, 0.5) is 0 Å². The zero-order chi connectivity index (χ0) is 11.7. The molecular weight excluding hydrogens is 212 g/mol. The molecule has 2 nitrogen and oxygen atoms in total. The van der Waals surface area contributed by atoms with Gasteiger partial charge in [-0.25, -0.2) is 0 Å². The van der Waals surface area contributed by atoms with E-state index < -0.39 is 0 Å². The van der Waals surface area contributed by atoms with Gasteiger partial charge in [0, 0.05) is 0 Å². The van der Waals surface area contributed by atoms with Gasteiger partial charge in [0.1, 0.15) is 0 Å². The lowest BCUT2D eigenvalue weighted by molar-refractivity contribution is -0.215. The maximum atomic E-state index is 9.89. The summed E-state index contributed by atoms with van der Waals surface area (Å²) in [6.07, 6.45) is 4.39. The first-order valence-corrected chi connectivity index (χ1v) is 7.46. The number of fused-ring (bicyclic) bond motifs is 8. The number of aliphatic hydroxyl groups excluding tert-OH is 1. The summed E-state index contributed by atoms with van der Waals surface area (Å²) in [6, 6.07) is 0. The molecule has 17 heavy (non-hydrogen) atoms. The van der Waals surface area contributed by atoms with Gasteiger partial charge in [0.05, 0.1) is 18.8 Å². The average molecular weight is 236 g/mol. The fourth-order valence-corrected chi connectivity index (χ4v) is 5.76. The highest BCUT2D eigenvalue weighted by molar-refractivity contribution is 5.18. The van der Waals surface area contributed by atoms with Crippen LogP contribution in [0, 0.1) is 41.4 Å². The molecule has 4 fully saturated rings. The Labute approximate surface area is 104 Å². The monoisotopic (exact) mass is 236 g/mol. The van der Waals surface area contributed by atoms with Crippen LogP contribution in [0.2, 0.25) is 0 Å². The molecule has 0 aromatic carbocycles. The van der Waals surface area contributed by atoms with Crippen molar-refractivity contribution in [1.29, 1.82) is 0 Å². The third-order valence-corrected chi connectivity index (χ3v) is 6.30. The second-order valence-corrected chi connectivity index (χ2v) is 7.24. The molecule has 0 saturated heterocycles. The molecule has 8 unspecified atom stereocenters. The molecule has 1 N–H and O–H groups in total. The summed E-state index contributed by atoms with van der Waals surface area (Å²) in [7, 11) is 0. The molecule has 0 spiro atoms. The molecule has 4 aliphatic rings. The van der Waals surface area contributed by atoms with Crippen molar-refractivity contribution >= 4 is 0 Å². The fourth-order valence-electron chi connectivity index (χ4n) is 5.76. The molecule has 96 valence electrons. The Morgan fingerprint density at radius 1 is 1.06 bits per heavy atom. The Kier molecular flexibility index (Phi) is 2.21. The predicted octanol–water partition coefficient (Wildman–Crippen LogP) is 2.31. The lowest BCUT2D eigenvalue weighted by Gasteiger charge is -2.64. The number of aliphatic hydroxyl groups is 1. The quantitative estimate of drug-likeness (QED) is 0.815. The van der Waals surface area contributed by atoms with Crippen LogP contribution in [0.15, 0.2) is 0 Å². The van der Waals surface area contributed by atoms with Gasteiger partial charge in [0.25, 0.3) is 0 Å². The third kappa shape index (κ3) is 1.29. The summed E-state index contributed by atoms with van der Waals surface area (Å²) in [5.41, 5.74) is 0. The summed E-state index contributed by atoms with van der Waals surface area (Å²) in [5, 5.41) is 9.89. The molecule has 0 aliphatic heterocycles. The van der Waals surface area contributed by atoms with E-state index in [0.29, 0.717) is 12.0 Å². The average Bonchev–Trinajstić information content (AvgIpc) is 2.76. The molecule has 0 heterocycles. The predicted molar refractivity (Wildman–Crippen MR) is 65.4 cm³/mol.